The van der Waals surface area contributed by atoms with Crippen LogP contribution in [0, 0.1) is 11.3 Å². The number of hydrogen-bond donors (Lipinski definition) is 2. The van der Waals surface area contributed by atoms with Gasteiger partial charge in [0.1, 0.15) is 6.54 Å². The molecule has 3 N–H and O–H groups in total. The molecule has 0 bridgehead atoms. The third-order valence-corrected chi connectivity index (χ3v) is 6.31. The third kappa shape index (κ3) is 5.69. The molecule has 31 heavy (non-hydrogen) atoms. The van der Waals surface area contributed by atoms with Crippen molar-refractivity contribution in [3.05, 3.63) is 64.4 Å². The van der Waals surface area contributed by atoms with Crippen molar-refractivity contribution in [2.45, 2.75) is 23.0 Å². The van der Waals surface area contributed by atoms with Gasteiger partial charge in [-0.2, -0.15) is 5.26 Å². The summed E-state index contributed by atoms with van der Waals surface area (Å²) in [6.07, 6.45) is 0.443. The van der Waals surface area contributed by atoms with Crippen LogP contribution in [0.2, 0.25) is 0 Å². The number of hydrogen-bond acceptors (Lipinski definition) is 7. The van der Waals surface area contributed by atoms with E-state index in [0.29, 0.717) is 22.5 Å². The van der Waals surface area contributed by atoms with Crippen LogP contribution < -0.4 is 16.0 Å². The molecule has 1 heterocycles. The molecule has 3 aromatic rings. The highest BCUT2D eigenvalue weighted by molar-refractivity contribution is 7.99. The molecule has 0 aliphatic heterocycles. The minimum atomic E-state index is -3.77. The zero-order valence-corrected chi connectivity index (χ0v) is 17.9. The Morgan fingerprint density at radius 3 is 2.58 bits per heavy atom. The van der Waals surface area contributed by atoms with E-state index in [1.807, 2.05) is 6.07 Å². The van der Waals surface area contributed by atoms with Crippen LogP contribution in [0.1, 0.15) is 5.56 Å². The molecule has 0 unspecified atom stereocenters. The maximum absolute atomic E-state index is 13.0. The van der Waals surface area contributed by atoms with Gasteiger partial charge in [-0.05, 0) is 36.2 Å². The highest BCUT2D eigenvalue weighted by Crippen LogP contribution is 2.18. The van der Waals surface area contributed by atoms with E-state index in [0.717, 1.165) is 17.3 Å². The second-order valence-electron chi connectivity index (χ2n) is 6.53. The number of thioether (sulfide) groups is 1. The molecule has 160 valence electrons. The maximum atomic E-state index is 13.0. The van der Waals surface area contributed by atoms with Crippen LogP contribution in [0.25, 0.3) is 10.9 Å². The molecule has 3 rings (SSSR count). The smallest absolute Gasteiger partial charge is 0.262 e. The molecule has 0 atom stereocenters. The molecule has 0 fully saturated rings. The summed E-state index contributed by atoms with van der Waals surface area (Å²) in [6, 6.07) is 14.9. The molecule has 0 aliphatic carbocycles. The van der Waals surface area contributed by atoms with Crippen molar-refractivity contribution in [3.63, 3.8) is 0 Å². The first-order valence-corrected chi connectivity index (χ1v) is 11.7. The Bertz CT molecular complexity index is 1310. The molecule has 0 saturated carbocycles. The normalized spacial score (nSPS) is 11.2. The van der Waals surface area contributed by atoms with Gasteiger partial charge in [0.05, 0.1) is 27.6 Å². The van der Waals surface area contributed by atoms with Crippen LogP contribution in [0.15, 0.2) is 63.4 Å². The third-order valence-electron chi connectivity index (χ3n) is 4.40. The van der Waals surface area contributed by atoms with E-state index in [4.69, 9.17) is 10.4 Å². The number of benzene rings is 2. The van der Waals surface area contributed by atoms with Crippen LogP contribution in [0.3, 0.4) is 0 Å². The van der Waals surface area contributed by atoms with Gasteiger partial charge < -0.3 is 5.32 Å². The summed E-state index contributed by atoms with van der Waals surface area (Å²) >= 11 is 1.11. The Labute approximate surface area is 182 Å². The molecule has 0 saturated heterocycles. The number of sulfonamides is 1. The largest absolute Gasteiger partial charge is 0.342 e. The lowest BCUT2D eigenvalue weighted by Crippen LogP contribution is -2.27. The Kier molecular flexibility index (Phi) is 7.06. The number of nitrogens with two attached hydrogens (primary N) is 1. The van der Waals surface area contributed by atoms with Crippen LogP contribution >= 0.6 is 11.8 Å². The molecular weight excluding hydrogens is 438 g/mol. The molecule has 11 heteroatoms. The number of nitrogens with zero attached hydrogens (tertiary/aromatic N) is 3. The number of fused-ring (bicyclic) bond motifs is 1. The number of amides is 1. The van der Waals surface area contributed by atoms with Gasteiger partial charge in [-0.1, -0.05) is 36.0 Å². The highest BCUT2D eigenvalue weighted by Gasteiger charge is 2.14. The summed E-state index contributed by atoms with van der Waals surface area (Å²) < 4.78 is 24.3. The number of primary sulfonamides is 1. The topological polar surface area (TPSA) is 148 Å². The first-order valence-electron chi connectivity index (χ1n) is 9.17. The first-order chi connectivity index (χ1) is 14.8. The highest BCUT2D eigenvalue weighted by atomic mass is 32.2. The van der Waals surface area contributed by atoms with Gasteiger partial charge >= 0.3 is 0 Å². The summed E-state index contributed by atoms with van der Waals surface area (Å²) in [6.45, 7) is 0.194. The summed E-state index contributed by atoms with van der Waals surface area (Å²) in [4.78, 5) is 29.5. The summed E-state index contributed by atoms with van der Waals surface area (Å²) in [5.74, 6) is -0.325. The number of carbonyl (C=O) groups is 1. The number of carbonyl (C=O) groups excluding carboxylic acids is 1. The van der Waals surface area contributed by atoms with E-state index in [-0.39, 0.29) is 35.2 Å². The van der Waals surface area contributed by atoms with Gasteiger partial charge in [0.15, 0.2) is 5.16 Å². The van der Waals surface area contributed by atoms with Gasteiger partial charge in [0.25, 0.3) is 5.56 Å². The molecule has 0 radical (unpaired) electrons. The van der Waals surface area contributed by atoms with E-state index in [2.05, 4.69) is 10.3 Å². The molecule has 9 nitrogen and oxygen atoms in total. The van der Waals surface area contributed by atoms with E-state index in [1.54, 1.807) is 36.4 Å². The average Bonchev–Trinajstić information content (AvgIpc) is 2.75. The zero-order chi connectivity index (χ0) is 22.4. The predicted octanol–water partition coefficient (Wildman–Crippen LogP) is 1.02. The van der Waals surface area contributed by atoms with Crippen LogP contribution in [0.4, 0.5) is 0 Å². The number of rotatable bonds is 8. The molecular formula is C20H19N5O4S2. The van der Waals surface area contributed by atoms with E-state index < -0.39 is 10.0 Å². The number of nitriles is 1. The summed E-state index contributed by atoms with van der Waals surface area (Å²) in [5, 5.41) is 17.0. The lowest BCUT2D eigenvalue weighted by atomic mass is 10.1. The molecule has 1 aromatic heterocycles. The lowest BCUT2D eigenvalue weighted by molar-refractivity contribution is -0.118. The van der Waals surface area contributed by atoms with Gasteiger partial charge in [0, 0.05) is 6.54 Å². The van der Waals surface area contributed by atoms with E-state index in [9.17, 15) is 18.0 Å². The van der Waals surface area contributed by atoms with Crippen LogP contribution in [-0.4, -0.2) is 36.2 Å². The summed E-state index contributed by atoms with van der Waals surface area (Å²) in [7, 11) is -3.77. The van der Waals surface area contributed by atoms with E-state index in [1.165, 1.54) is 16.7 Å². The van der Waals surface area contributed by atoms with Gasteiger partial charge in [-0.3, -0.25) is 14.2 Å². The number of aromatic nitrogens is 2. The fourth-order valence-corrected chi connectivity index (χ4v) is 4.23. The van der Waals surface area contributed by atoms with Gasteiger partial charge in [-0.25, -0.2) is 18.5 Å². The predicted molar refractivity (Wildman–Crippen MR) is 117 cm³/mol. The summed E-state index contributed by atoms with van der Waals surface area (Å²) in [5.41, 5.74) is 1.11. The minimum Gasteiger partial charge on any atom is -0.342 e. The average molecular weight is 458 g/mol. The standard InChI is InChI=1S/C20H19N5O4S2/c21-10-11-23-18(26)13-30-20-24-17-4-2-1-3-16(17)19(27)25(20)12-9-14-5-7-15(8-6-14)31(22,28)29/h1-8H,9,11-13H2,(H,23,26)(H2,22,28,29). The van der Waals surface area contributed by atoms with E-state index >= 15 is 0 Å². The van der Waals surface area contributed by atoms with Gasteiger partial charge in [-0.15, -0.1) is 0 Å². The quantitative estimate of drug-likeness (QED) is 0.291. The monoisotopic (exact) mass is 457 g/mol. The van der Waals surface area contributed by atoms with Crippen LogP contribution in [-0.2, 0) is 27.8 Å². The fourth-order valence-electron chi connectivity index (χ4n) is 2.86. The Balaban J connectivity index is 1.86. The Hall–Kier alpha value is -3.20. The zero-order valence-electron chi connectivity index (χ0n) is 16.3. The molecule has 1 amide bonds. The second kappa shape index (κ2) is 9.74. The van der Waals surface area contributed by atoms with Crippen molar-refractivity contribution in [3.8, 4) is 6.07 Å². The van der Waals surface area contributed by atoms with Crippen molar-refractivity contribution >= 4 is 38.6 Å². The van der Waals surface area contributed by atoms with Crippen LogP contribution in [0.5, 0.6) is 0 Å². The Morgan fingerprint density at radius 2 is 1.90 bits per heavy atom. The molecule has 0 aliphatic rings. The molecule has 2 aromatic carbocycles. The van der Waals surface area contributed by atoms with Gasteiger partial charge in [0.2, 0.25) is 15.9 Å². The first kappa shape index (κ1) is 22.5. The maximum Gasteiger partial charge on any atom is 0.262 e. The minimum absolute atomic E-state index is 0.00944. The van der Waals surface area contributed by atoms with Crippen molar-refractivity contribution < 1.29 is 13.2 Å². The number of para-hydroxylation sites is 1. The Morgan fingerprint density at radius 1 is 1.19 bits per heavy atom. The van der Waals surface area contributed by atoms with Crippen molar-refractivity contribution in [2.75, 3.05) is 12.3 Å². The second-order valence-corrected chi connectivity index (χ2v) is 9.03. The SMILES string of the molecule is N#CCNC(=O)CSc1nc2ccccc2c(=O)n1CCc1ccc(S(N)(=O)=O)cc1. The molecule has 0 spiro atoms. The lowest BCUT2D eigenvalue weighted by Gasteiger charge is -2.13. The fraction of sp³-hybridized carbons (Fsp3) is 0.200. The van der Waals surface area contributed by atoms with Crippen molar-refractivity contribution in [2.24, 2.45) is 5.14 Å². The number of nitrogens with one attached hydrogen (secondary N) is 1. The number of aryl methyl sites for hydroxylation is 1. The van der Waals surface area contributed by atoms with Crippen molar-refractivity contribution in [1.82, 2.24) is 14.9 Å². The van der Waals surface area contributed by atoms with Crippen molar-refractivity contribution in [1.29, 1.82) is 5.26 Å².